The Kier molecular flexibility index (Phi) is 5.55. The van der Waals surface area contributed by atoms with Crippen molar-refractivity contribution in [3.63, 3.8) is 0 Å². The van der Waals surface area contributed by atoms with Gasteiger partial charge >= 0.3 is 0 Å². The lowest BCUT2D eigenvalue weighted by molar-refractivity contribution is -0.114. The molecule has 9 nitrogen and oxygen atoms in total. The largest absolute Gasteiger partial charge is 0.365 e. The molecule has 9 heteroatoms. The average Bonchev–Trinajstić information content (AvgIpc) is 3.12. The van der Waals surface area contributed by atoms with Gasteiger partial charge in [-0.1, -0.05) is 12.1 Å². The highest BCUT2D eigenvalue weighted by Crippen LogP contribution is 2.35. The van der Waals surface area contributed by atoms with Gasteiger partial charge in [-0.3, -0.25) is 15.0 Å². The SMILES string of the molecule is CC(=O)Nc1ccc(NC2c3cccc(C#N)c3CN2NC(=O)c2cncnc2)cc1. The Morgan fingerprint density at radius 2 is 1.81 bits per heavy atom. The van der Waals surface area contributed by atoms with E-state index < -0.39 is 6.17 Å². The molecule has 1 aliphatic heterocycles. The maximum Gasteiger partial charge on any atom is 0.268 e. The second kappa shape index (κ2) is 8.61. The highest BCUT2D eigenvalue weighted by Gasteiger charge is 2.33. The van der Waals surface area contributed by atoms with Crippen molar-refractivity contribution in [3.8, 4) is 6.07 Å². The Morgan fingerprint density at radius 1 is 1.10 bits per heavy atom. The zero-order chi connectivity index (χ0) is 21.8. The van der Waals surface area contributed by atoms with Crippen LogP contribution < -0.4 is 16.1 Å². The summed E-state index contributed by atoms with van der Waals surface area (Å²) in [5.41, 5.74) is 7.00. The van der Waals surface area contributed by atoms with Crippen molar-refractivity contribution < 1.29 is 9.59 Å². The molecule has 0 spiro atoms. The van der Waals surface area contributed by atoms with Crippen LogP contribution in [0.1, 0.15) is 40.1 Å². The molecule has 2 aromatic carbocycles. The number of rotatable bonds is 5. The molecule has 154 valence electrons. The highest BCUT2D eigenvalue weighted by atomic mass is 16.2. The number of carbonyl (C=O) groups excluding carboxylic acids is 2. The van der Waals surface area contributed by atoms with Gasteiger partial charge in [0.15, 0.2) is 0 Å². The second-order valence-electron chi connectivity index (χ2n) is 6.99. The maximum absolute atomic E-state index is 12.7. The Balaban J connectivity index is 1.61. The molecular weight excluding hydrogens is 394 g/mol. The lowest BCUT2D eigenvalue weighted by Crippen LogP contribution is -2.43. The summed E-state index contributed by atoms with van der Waals surface area (Å²) in [6.07, 6.45) is 3.84. The fraction of sp³-hybridized carbons (Fsp3) is 0.136. The monoisotopic (exact) mass is 413 g/mol. The quantitative estimate of drug-likeness (QED) is 0.587. The van der Waals surface area contributed by atoms with Gasteiger partial charge in [0.05, 0.1) is 17.2 Å². The molecule has 0 saturated heterocycles. The summed E-state index contributed by atoms with van der Waals surface area (Å²) >= 11 is 0. The summed E-state index contributed by atoms with van der Waals surface area (Å²) < 4.78 is 0. The molecule has 31 heavy (non-hydrogen) atoms. The number of carbonyl (C=O) groups is 2. The number of amides is 2. The first-order chi connectivity index (χ1) is 15.0. The summed E-state index contributed by atoms with van der Waals surface area (Å²) in [6, 6.07) is 15.0. The van der Waals surface area contributed by atoms with E-state index >= 15 is 0 Å². The van der Waals surface area contributed by atoms with Crippen LogP contribution in [0.3, 0.4) is 0 Å². The number of anilines is 2. The number of hydrogen-bond donors (Lipinski definition) is 3. The van der Waals surface area contributed by atoms with Crippen LogP contribution in [0.15, 0.2) is 61.2 Å². The number of benzene rings is 2. The smallest absolute Gasteiger partial charge is 0.268 e. The molecule has 2 heterocycles. The van der Waals surface area contributed by atoms with Crippen LogP contribution in [0.2, 0.25) is 0 Å². The highest BCUT2D eigenvalue weighted by molar-refractivity contribution is 5.93. The lowest BCUT2D eigenvalue weighted by atomic mass is 10.0. The fourth-order valence-corrected chi connectivity index (χ4v) is 3.45. The Hall–Kier alpha value is -4.29. The van der Waals surface area contributed by atoms with Gasteiger partial charge in [0.2, 0.25) is 5.91 Å². The van der Waals surface area contributed by atoms with Gasteiger partial charge in [0.1, 0.15) is 12.5 Å². The zero-order valence-corrected chi connectivity index (χ0v) is 16.7. The van der Waals surface area contributed by atoms with E-state index in [2.05, 4.69) is 32.1 Å². The lowest BCUT2D eigenvalue weighted by Gasteiger charge is -2.27. The predicted molar refractivity (Wildman–Crippen MR) is 113 cm³/mol. The standard InChI is InChI=1S/C22H19N7O2/c1-14(30)26-17-5-7-18(8-6-17)27-21-19-4-2-3-15(9-23)20(19)12-29(21)28-22(31)16-10-24-13-25-11-16/h2-8,10-11,13,21,27H,12H2,1H3,(H,26,30)(H,28,31). The number of nitrogens with zero attached hydrogens (tertiary/aromatic N) is 4. The van der Waals surface area contributed by atoms with E-state index in [4.69, 9.17) is 0 Å². The molecule has 3 N–H and O–H groups in total. The van der Waals surface area contributed by atoms with Crippen LogP contribution in [0, 0.1) is 11.3 Å². The summed E-state index contributed by atoms with van der Waals surface area (Å²) in [5.74, 6) is -0.493. The molecule has 3 aromatic rings. The number of hydrogen-bond acceptors (Lipinski definition) is 7. The molecule has 1 aromatic heterocycles. The Bertz CT molecular complexity index is 1160. The number of hydrazine groups is 1. The first kappa shape index (κ1) is 20.0. The van der Waals surface area contributed by atoms with E-state index in [0.29, 0.717) is 23.4 Å². The van der Waals surface area contributed by atoms with E-state index in [1.54, 1.807) is 23.2 Å². The summed E-state index contributed by atoms with van der Waals surface area (Å²) in [7, 11) is 0. The van der Waals surface area contributed by atoms with E-state index in [1.165, 1.54) is 25.6 Å². The third kappa shape index (κ3) is 4.34. The molecule has 1 aliphatic rings. The van der Waals surface area contributed by atoms with Gasteiger partial charge in [-0.25, -0.2) is 9.97 Å². The number of nitriles is 1. The zero-order valence-electron chi connectivity index (χ0n) is 16.7. The molecule has 0 fully saturated rings. The first-order valence-electron chi connectivity index (χ1n) is 9.54. The van der Waals surface area contributed by atoms with E-state index in [9.17, 15) is 14.9 Å². The van der Waals surface area contributed by atoms with Gasteiger partial charge in [-0.05, 0) is 41.5 Å². The van der Waals surface area contributed by atoms with Crippen LogP contribution in [-0.2, 0) is 11.3 Å². The van der Waals surface area contributed by atoms with Crippen LogP contribution in [0.25, 0.3) is 0 Å². The summed E-state index contributed by atoms with van der Waals surface area (Å²) in [4.78, 5) is 31.7. The second-order valence-corrected chi connectivity index (χ2v) is 6.99. The van der Waals surface area contributed by atoms with Crippen LogP contribution >= 0.6 is 0 Å². The first-order valence-corrected chi connectivity index (χ1v) is 9.54. The summed E-state index contributed by atoms with van der Waals surface area (Å²) in [5, 5.41) is 17.4. The Morgan fingerprint density at radius 3 is 2.48 bits per heavy atom. The van der Waals surface area contributed by atoms with E-state index in [1.807, 2.05) is 24.3 Å². The van der Waals surface area contributed by atoms with Crippen molar-refractivity contribution in [2.45, 2.75) is 19.6 Å². The van der Waals surface area contributed by atoms with Gasteiger partial charge in [-0.15, -0.1) is 0 Å². The minimum Gasteiger partial charge on any atom is -0.365 e. The third-order valence-electron chi connectivity index (χ3n) is 4.84. The van der Waals surface area contributed by atoms with Crippen LogP contribution in [0.5, 0.6) is 0 Å². The average molecular weight is 413 g/mol. The fourth-order valence-electron chi connectivity index (χ4n) is 3.45. The van der Waals surface area contributed by atoms with Crippen LogP contribution in [0.4, 0.5) is 11.4 Å². The molecule has 0 aliphatic carbocycles. The third-order valence-corrected chi connectivity index (χ3v) is 4.84. The topological polar surface area (TPSA) is 123 Å². The van der Waals surface area contributed by atoms with Crippen molar-refractivity contribution in [3.05, 3.63) is 83.4 Å². The predicted octanol–water partition coefficient (Wildman–Crippen LogP) is 2.58. The molecule has 0 saturated carbocycles. The Labute approximate surface area is 178 Å². The van der Waals surface area contributed by atoms with Gasteiger partial charge in [0.25, 0.3) is 5.91 Å². The van der Waals surface area contributed by atoms with Crippen LogP contribution in [-0.4, -0.2) is 26.8 Å². The molecule has 1 unspecified atom stereocenters. The van der Waals surface area contributed by atoms with Crippen molar-refractivity contribution in [2.24, 2.45) is 0 Å². The van der Waals surface area contributed by atoms with Crippen molar-refractivity contribution >= 4 is 23.2 Å². The number of aromatic nitrogens is 2. The molecule has 0 bridgehead atoms. The maximum atomic E-state index is 12.7. The number of fused-ring (bicyclic) bond motifs is 1. The summed E-state index contributed by atoms with van der Waals surface area (Å²) in [6.45, 7) is 1.81. The molecular formula is C22H19N7O2. The molecule has 2 amide bonds. The van der Waals surface area contributed by atoms with Crippen molar-refractivity contribution in [1.82, 2.24) is 20.4 Å². The van der Waals surface area contributed by atoms with Gasteiger partial charge in [0, 0.05) is 37.2 Å². The van der Waals surface area contributed by atoms with Gasteiger partial charge < -0.3 is 10.6 Å². The van der Waals surface area contributed by atoms with E-state index in [0.717, 1.165) is 16.8 Å². The minimum absolute atomic E-state index is 0.145. The van der Waals surface area contributed by atoms with Crippen molar-refractivity contribution in [2.75, 3.05) is 10.6 Å². The minimum atomic E-state index is -0.400. The molecule has 0 radical (unpaired) electrons. The molecule has 4 rings (SSSR count). The normalized spacial score (nSPS) is 14.9. The van der Waals surface area contributed by atoms with E-state index in [-0.39, 0.29) is 11.8 Å². The molecule has 1 atom stereocenters. The number of nitrogens with one attached hydrogen (secondary N) is 3. The van der Waals surface area contributed by atoms with Gasteiger partial charge in [-0.2, -0.15) is 10.3 Å². The van der Waals surface area contributed by atoms with Crippen molar-refractivity contribution in [1.29, 1.82) is 5.26 Å².